The molecule has 1 spiro atoms. The van der Waals surface area contributed by atoms with Crippen molar-refractivity contribution < 1.29 is 46.9 Å². The smallest absolute Gasteiger partial charge is 0.410 e. The Hall–Kier alpha value is -3.66. The third-order valence-electron chi connectivity index (χ3n) is 10.1. The van der Waals surface area contributed by atoms with E-state index in [4.69, 9.17) is 18.9 Å². The van der Waals surface area contributed by atoms with Gasteiger partial charge in [0.1, 0.15) is 24.1 Å². The number of ether oxygens (including phenoxy) is 4. The van der Waals surface area contributed by atoms with Gasteiger partial charge in [0.25, 0.3) is 5.92 Å². The summed E-state index contributed by atoms with van der Waals surface area (Å²) in [5.41, 5.74) is -1.12. The average molecular weight is 737 g/mol. The number of carbonyl (C=O) groups is 4. The van der Waals surface area contributed by atoms with E-state index in [1.807, 2.05) is 6.08 Å². The van der Waals surface area contributed by atoms with Crippen molar-refractivity contribution in [2.75, 3.05) is 26.2 Å². The molecule has 0 bridgehead atoms. The van der Waals surface area contributed by atoms with Gasteiger partial charge in [-0.25, -0.2) is 18.6 Å². The second-order valence-electron chi connectivity index (χ2n) is 16.4. The minimum absolute atomic E-state index is 0.0439. The van der Waals surface area contributed by atoms with Gasteiger partial charge in [-0.3, -0.25) is 24.3 Å². The quantitative estimate of drug-likeness (QED) is 0.285. The lowest BCUT2D eigenvalue weighted by atomic mass is 9.84. The molecule has 3 saturated heterocycles. The van der Waals surface area contributed by atoms with Gasteiger partial charge in [0.05, 0.1) is 30.1 Å². The summed E-state index contributed by atoms with van der Waals surface area (Å²) in [5.74, 6) is -5.37. The van der Waals surface area contributed by atoms with Crippen molar-refractivity contribution in [3.05, 3.63) is 11.8 Å². The van der Waals surface area contributed by atoms with Crippen LogP contribution in [0.1, 0.15) is 88.0 Å². The molecule has 0 aromatic heterocycles. The largest absolute Gasteiger partial charge is 0.455 e. The van der Waals surface area contributed by atoms with E-state index in [2.05, 4.69) is 15.4 Å². The molecule has 0 aromatic carbocycles. The Balaban J connectivity index is 1.43. The zero-order chi connectivity index (χ0) is 38.3. The number of hydrogen-bond donors (Lipinski definition) is 1. The van der Waals surface area contributed by atoms with Gasteiger partial charge in [0.2, 0.25) is 5.91 Å². The lowest BCUT2D eigenvalue weighted by molar-refractivity contribution is -0.172. The third-order valence-corrected chi connectivity index (χ3v) is 10.1. The van der Waals surface area contributed by atoms with Crippen LogP contribution in [0.3, 0.4) is 0 Å². The van der Waals surface area contributed by atoms with Crippen LogP contribution in [0, 0.1) is 17.8 Å². The zero-order valence-corrected chi connectivity index (χ0v) is 31.7. The van der Waals surface area contributed by atoms with E-state index in [0.717, 1.165) is 0 Å². The van der Waals surface area contributed by atoms with Gasteiger partial charge in [0.15, 0.2) is 18.0 Å². The number of carbonyl (C=O) groups excluding carboxylic acids is 4. The number of fused-ring (bicyclic) bond motifs is 1. The summed E-state index contributed by atoms with van der Waals surface area (Å²) >= 11 is 0. The highest BCUT2D eigenvalue weighted by Gasteiger charge is 2.60. The van der Waals surface area contributed by atoms with E-state index in [0.29, 0.717) is 18.0 Å². The van der Waals surface area contributed by atoms with E-state index < -0.39 is 90.4 Å². The Labute approximate surface area is 304 Å². The molecule has 3 fully saturated rings. The summed E-state index contributed by atoms with van der Waals surface area (Å²) in [5, 5.41) is 8.94. The molecule has 52 heavy (non-hydrogen) atoms. The fourth-order valence-electron chi connectivity index (χ4n) is 7.32. The Morgan fingerprint density at radius 3 is 2.17 bits per heavy atom. The molecule has 5 aliphatic rings. The van der Waals surface area contributed by atoms with Crippen LogP contribution in [0.4, 0.5) is 13.6 Å². The van der Waals surface area contributed by atoms with Gasteiger partial charge in [0, 0.05) is 37.5 Å². The lowest BCUT2D eigenvalue weighted by Gasteiger charge is -2.45. The summed E-state index contributed by atoms with van der Waals surface area (Å²) in [4.78, 5) is 59.3. The molecule has 2 amide bonds. The monoisotopic (exact) mass is 736 g/mol. The SMILES string of the molecule is CC(C)C(=O)NC1=NC=NN2C1=CCC2[C@@H]1O[C@H](CN2CC(F)(F)CC23CCN(C(=O)OC(C)(C)C)CC3)[C@@H](OC(=O)C(C)C)[C@H]1OC(=O)C(C)C. The molecule has 1 unspecified atom stereocenters. The van der Waals surface area contributed by atoms with Crippen molar-refractivity contribution in [2.45, 2.75) is 136 Å². The molecule has 5 heterocycles. The molecule has 16 heteroatoms. The maximum absolute atomic E-state index is 15.4. The second kappa shape index (κ2) is 15.0. The summed E-state index contributed by atoms with van der Waals surface area (Å²) in [6.07, 6.45) is -0.903. The first-order valence-corrected chi connectivity index (χ1v) is 18.3. The summed E-state index contributed by atoms with van der Waals surface area (Å²) in [7, 11) is 0. The number of likely N-dealkylation sites (tertiary alicyclic amines) is 2. The van der Waals surface area contributed by atoms with Gasteiger partial charge in [-0.15, -0.1) is 0 Å². The van der Waals surface area contributed by atoms with E-state index in [1.165, 1.54) is 6.34 Å². The molecular formula is C36H54F2N6O8. The van der Waals surface area contributed by atoms with Crippen molar-refractivity contribution in [2.24, 2.45) is 27.8 Å². The van der Waals surface area contributed by atoms with Gasteiger partial charge in [-0.05, 0) is 40.0 Å². The van der Waals surface area contributed by atoms with Crippen LogP contribution in [0.25, 0.3) is 0 Å². The van der Waals surface area contributed by atoms with Crippen LogP contribution in [-0.2, 0) is 33.3 Å². The molecule has 5 atom stereocenters. The van der Waals surface area contributed by atoms with Crippen LogP contribution < -0.4 is 5.32 Å². The van der Waals surface area contributed by atoms with Crippen molar-refractivity contribution >= 4 is 36.1 Å². The number of aliphatic imine (C=N–C) groups is 1. The van der Waals surface area contributed by atoms with Gasteiger partial charge in [-0.1, -0.05) is 47.6 Å². The highest BCUT2D eigenvalue weighted by molar-refractivity contribution is 6.11. The second-order valence-corrected chi connectivity index (χ2v) is 16.4. The number of amidine groups is 1. The molecule has 1 N–H and O–H groups in total. The lowest BCUT2D eigenvalue weighted by Crippen LogP contribution is -2.56. The number of amides is 2. The molecule has 0 aliphatic carbocycles. The average Bonchev–Trinajstić information content (AvgIpc) is 3.68. The predicted molar refractivity (Wildman–Crippen MR) is 186 cm³/mol. The van der Waals surface area contributed by atoms with Crippen molar-refractivity contribution in [3.63, 3.8) is 0 Å². The summed E-state index contributed by atoms with van der Waals surface area (Å²) < 4.78 is 55.2. The maximum atomic E-state index is 15.4. The summed E-state index contributed by atoms with van der Waals surface area (Å²) in [6.45, 7) is 15.4. The fourth-order valence-corrected chi connectivity index (χ4v) is 7.32. The van der Waals surface area contributed by atoms with Crippen LogP contribution in [0.2, 0.25) is 0 Å². The fraction of sp³-hybridized carbons (Fsp3) is 0.778. The molecule has 0 radical (unpaired) electrons. The molecule has 0 aromatic rings. The zero-order valence-electron chi connectivity index (χ0n) is 31.7. The first kappa shape index (κ1) is 39.5. The van der Waals surface area contributed by atoms with Crippen molar-refractivity contribution in [1.29, 1.82) is 0 Å². The van der Waals surface area contributed by atoms with E-state index >= 15 is 8.78 Å². The third kappa shape index (κ3) is 8.58. The van der Waals surface area contributed by atoms with Crippen LogP contribution in [0.15, 0.2) is 21.9 Å². The maximum Gasteiger partial charge on any atom is 0.410 e. The Bertz CT molecular complexity index is 1480. The standard InChI is InChI=1S/C36H54F2N6O8/c1-20(2)30(45)41-29-24-11-10-23(44(24)40-19-39-29)26-28(51-32(47)22(5)6)27(50-31(46)21(3)4)25(49-26)16-43-18-36(37,38)17-35(43)12-14-42(15-13-35)33(48)52-34(7,8)9/h11,19-23,25-28H,10,12-18H2,1-9H3,(H,39,40,41,45)/t23?,25-,26+,27-,28+/m1/s1. The normalized spacial score (nSPS) is 28.3. The highest BCUT2D eigenvalue weighted by Crippen LogP contribution is 2.47. The number of alkyl halides is 2. The number of nitrogens with one attached hydrogen (secondary N) is 1. The van der Waals surface area contributed by atoms with Crippen molar-refractivity contribution in [1.82, 2.24) is 20.1 Å². The van der Waals surface area contributed by atoms with E-state index in [9.17, 15) is 19.2 Å². The van der Waals surface area contributed by atoms with Crippen molar-refractivity contribution in [3.8, 4) is 0 Å². The molecule has 290 valence electrons. The topological polar surface area (TPSA) is 152 Å². The number of nitrogens with zero attached hydrogens (tertiary/aromatic N) is 5. The first-order valence-electron chi connectivity index (χ1n) is 18.3. The Kier molecular flexibility index (Phi) is 11.4. The molecule has 5 rings (SSSR count). The van der Waals surface area contributed by atoms with E-state index in [1.54, 1.807) is 77.1 Å². The van der Waals surface area contributed by atoms with Gasteiger partial charge < -0.3 is 29.2 Å². The number of piperidine rings is 1. The minimum atomic E-state index is -3.01. The number of hydrazone groups is 1. The predicted octanol–water partition coefficient (Wildman–Crippen LogP) is 4.09. The summed E-state index contributed by atoms with van der Waals surface area (Å²) in [6, 6.07) is -0.575. The highest BCUT2D eigenvalue weighted by atomic mass is 19.3. The first-order chi connectivity index (χ1) is 24.2. The van der Waals surface area contributed by atoms with Crippen LogP contribution in [-0.4, -0.2) is 125 Å². The van der Waals surface area contributed by atoms with Crippen LogP contribution >= 0.6 is 0 Å². The molecule has 5 aliphatic heterocycles. The number of hydrogen-bond acceptors (Lipinski definition) is 12. The molecule has 14 nitrogen and oxygen atoms in total. The van der Waals surface area contributed by atoms with E-state index in [-0.39, 0.29) is 44.3 Å². The van der Waals surface area contributed by atoms with Gasteiger partial charge >= 0.3 is 18.0 Å². The number of halogens is 2. The van der Waals surface area contributed by atoms with Crippen LogP contribution in [0.5, 0.6) is 0 Å². The Morgan fingerprint density at radius 1 is 0.981 bits per heavy atom. The molecular weight excluding hydrogens is 682 g/mol. The Morgan fingerprint density at radius 2 is 1.60 bits per heavy atom. The molecule has 0 saturated carbocycles. The van der Waals surface area contributed by atoms with Gasteiger partial charge in [-0.2, -0.15) is 5.10 Å². The number of esters is 2. The number of rotatable bonds is 8. The minimum Gasteiger partial charge on any atom is -0.455 e.